The summed E-state index contributed by atoms with van der Waals surface area (Å²) in [6.45, 7) is 1.48. The summed E-state index contributed by atoms with van der Waals surface area (Å²) in [5.74, 6) is -1.54. The first-order valence-electron chi connectivity index (χ1n) is 8.99. The van der Waals surface area contributed by atoms with Crippen LogP contribution in [0.2, 0.25) is 5.02 Å². The zero-order valence-corrected chi connectivity index (χ0v) is 18.1. The highest BCUT2D eigenvalue weighted by atomic mass is 35.5. The Morgan fingerprint density at radius 2 is 2.00 bits per heavy atom. The fraction of sp³-hybridized carbons (Fsp3) is 0.200. The highest BCUT2D eigenvalue weighted by molar-refractivity contribution is 7.91. The predicted molar refractivity (Wildman–Crippen MR) is 114 cm³/mol. The smallest absolute Gasteiger partial charge is 0.250 e. The van der Waals surface area contributed by atoms with Gasteiger partial charge in [-0.25, -0.2) is 12.8 Å². The Bertz CT molecular complexity index is 1290. The summed E-state index contributed by atoms with van der Waals surface area (Å²) < 4.78 is 43.2. The van der Waals surface area contributed by atoms with Crippen molar-refractivity contribution in [2.75, 3.05) is 11.4 Å². The number of hydrogen-bond acceptors (Lipinski definition) is 5. The van der Waals surface area contributed by atoms with Gasteiger partial charge in [-0.2, -0.15) is 4.72 Å². The van der Waals surface area contributed by atoms with Crippen molar-refractivity contribution in [3.05, 3.63) is 58.9 Å². The minimum absolute atomic E-state index is 0.0169. The first-order chi connectivity index (χ1) is 14.2. The van der Waals surface area contributed by atoms with Crippen LogP contribution in [0.1, 0.15) is 23.7 Å². The van der Waals surface area contributed by atoms with Crippen molar-refractivity contribution < 1.29 is 22.4 Å². The van der Waals surface area contributed by atoms with E-state index in [-0.39, 0.29) is 34.2 Å². The molecule has 1 unspecified atom stereocenters. The van der Waals surface area contributed by atoms with Crippen LogP contribution < -0.4 is 9.62 Å². The fourth-order valence-corrected chi connectivity index (χ4v) is 6.25. The van der Waals surface area contributed by atoms with Gasteiger partial charge in [0.1, 0.15) is 16.1 Å². The summed E-state index contributed by atoms with van der Waals surface area (Å²) in [6.07, 6.45) is 0.197. The molecule has 1 fully saturated rings. The lowest BCUT2D eigenvalue weighted by Gasteiger charge is -2.18. The van der Waals surface area contributed by atoms with Gasteiger partial charge >= 0.3 is 0 Å². The van der Waals surface area contributed by atoms with Gasteiger partial charge < -0.3 is 4.90 Å². The van der Waals surface area contributed by atoms with Gasteiger partial charge in [0.2, 0.25) is 5.91 Å². The Morgan fingerprint density at radius 3 is 2.70 bits per heavy atom. The Hall–Kier alpha value is -2.33. The molecule has 1 aliphatic heterocycles. The van der Waals surface area contributed by atoms with Crippen molar-refractivity contribution in [2.24, 2.45) is 0 Å². The lowest BCUT2D eigenvalue weighted by molar-refractivity contribution is -0.118. The molecule has 1 N–H and O–H groups in total. The molecule has 1 saturated heterocycles. The van der Waals surface area contributed by atoms with Crippen molar-refractivity contribution in [1.29, 1.82) is 0 Å². The van der Waals surface area contributed by atoms with E-state index in [4.69, 9.17) is 11.6 Å². The molecule has 0 bridgehead atoms. The van der Waals surface area contributed by atoms with Gasteiger partial charge in [0.05, 0.1) is 5.69 Å². The fourth-order valence-electron chi connectivity index (χ4n) is 3.33. The van der Waals surface area contributed by atoms with Crippen molar-refractivity contribution in [1.82, 2.24) is 4.72 Å². The number of carbonyl (C=O) groups excluding carboxylic acids is 2. The lowest BCUT2D eigenvalue weighted by Crippen LogP contribution is -2.41. The summed E-state index contributed by atoms with van der Waals surface area (Å²) in [6, 6.07) is 9.46. The lowest BCUT2D eigenvalue weighted by atomic mass is 10.1. The molecule has 2 aromatic carbocycles. The van der Waals surface area contributed by atoms with Crippen molar-refractivity contribution >= 4 is 60.4 Å². The Labute approximate surface area is 181 Å². The van der Waals surface area contributed by atoms with Crippen LogP contribution in [0.15, 0.2) is 46.7 Å². The second kappa shape index (κ2) is 7.73. The molecule has 0 aliphatic carbocycles. The van der Waals surface area contributed by atoms with Crippen molar-refractivity contribution in [3.8, 4) is 0 Å². The molecule has 2 heterocycles. The summed E-state index contributed by atoms with van der Waals surface area (Å²) >= 11 is 7.01. The molecular weight excluding hydrogens is 451 g/mol. The number of anilines is 1. The SMILES string of the molecule is CC(=O)c1ccc(N2CCC(NS(=O)(=O)c3cc4ccc(Cl)cc4s3)C2=O)c(F)c1. The van der Waals surface area contributed by atoms with Crippen molar-refractivity contribution in [2.45, 2.75) is 23.6 Å². The van der Waals surface area contributed by atoms with Crippen LogP contribution in [-0.2, 0) is 14.8 Å². The molecule has 3 aromatic rings. The second-order valence-corrected chi connectivity index (χ2v) is 10.4. The number of thiophene rings is 1. The van der Waals surface area contributed by atoms with Gasteiger partial charge in [0.15, 0.2) is 5.78 Å². The zero-order chi connectivity index (χ0) is 21.6. The summed E-state index contributed by atoms with van der Waals surface area (Å²) in [5, 5.41) is 1.23. The Balaban J connectivity index is 1.55. The number of sulfonamides is 1. The molecule has 1 aliphatic rings. The van der Waals surface area contributed by atoms with Gasteiger partial charge in [-0.3, -0.25) is 9.59 Å². The number of rotatable bonds is 5. The first-order valence-corrected chi connectivity index (χ1v) is 11.7. The average molecular weight is 467 g/mol. The number of nitrogens with zero attached hydrogens (tertiary/aromatic N) is 1. The molecule has 1 atom stereocenters. The monoisotopic (exact) mass is 466 g/mol. The van der Waals surface area contributed by atoms with Crippen LogP contribution in [-0.4, -0.2) is 32.7 Å². The maximum absolute atomic E-state index is 14.4. The number of carbonyl (C=O) groups is 2. The number of amides is 1. The van der Waals surface area contributed by atoms with Crippen LogP contribution >= 0.6 is 22.9 Å². The summed E-state index contributed by atoms with van der Waals surface area (Å²) in [5.41, 5.74) is 0.216. The molecule has 1 aromatic heterocycles. The third-order valence-electron chi connectivity index (χ3n) is 4.87. The van der Waals surface area contributed by atoms with E-state index in [0.29, 0.717) is 5.02 Å². The molecule has 0 saturated carbocycles. The maximum Gasteiger partial charge on any atom is 0.250 e. The Kier molecular flexibility index (Phi) is 5.39. The molecule has 1 amide bonds. The standard InChI is InChI=1S/C20H16ClFN2O4S2/c1-11(25)12-3-5-17(15(22)8-12)24-7-6-16(20(24)26)23-30(27,28)19-9-13-2-4-14(21)10-18(13)29-19/h2-5,8-10,16,23H,6-7H2,1H3. The van der Waals surface area contributed by atoms with Crippen LogP contribution in [0.5, 0.6) is 0 Å². The molecule has 0 spiro atoms. The van der Waals surface area contributed by atoms with Crippen LogP contribution in [0.4, 0.5) is 10.1 Å². The highest BCUT2D eigenvalue weighted by Crippen LogP contribution is 2.32. The number of fused-ring (bicyclic) bond motifs is 1. The third kappa shape index (κ3) is 3.85. The van der Waals surface area contributed by atoms with Crippen molar-refractivity contribution in [3.63, 3.8) is 0 Å². The normalized spacial score (nSPS) is 17.1. The average Bonchev–Trinajstić information content (AvgIpc) is 3.26. The molecule has 30 heavy (non-hydrogen) atoms. The number of hydrogen-bond donors (Lipinski definition) is 1. The van der Waals surface area contributed by atoms with E-state index >= 15 is 0 Å². The Morgan fingerprint density at radius 1 is 1.23 bits per heavy atom. The number of ketones is 1. The van der Waals surface area contributed by atoms with Gasteiger partial charge in [-0.15, -0.1) is 11.3 Å². The quantitative estimate of drug-likeness (QED) is 0.576. The minimum Gasteiger partial charge on any atom is -0.308 e. The highest BCUT2D eigenvalue weighted by Gasteiger charge is 2.37. The van der Waals surface area contributed by atoms with E-state index in [1.165, 1.54) is 30.0 Å². The zero-order valence-electron chi connectivity index (χ0n) is 15.7. The minimum atomic E-state index is -3.95. The predicted octanol–water partition coefficient (Wildman–Crippen LogP) is 3.98. The molecule has 10 heteroatoms. The second-order valence-electron chi connectivity index (χ2n) is 6.92. The molecule has 4 rings (SSSR count). The molecule has 156 valence electrons. The number of nitrogens with one attached hydrogen (secondary N) is 1. The van der Waals surface area contributed by atoms with E-state index < -0.39 is 27.8 Å². The summed E-state index contributed by atoms with van der Waals surface area (Å²) in [7, 11) is -3.95. The van der Waals surface area contributed by atoms with E-state index in [1.807, 2.05) is 0 Å². The molecule has 6 nitrogen and oxygen atoms in total. The van der Waals surface area contributed by atoms with Gasteiger partial charge in [0, 0.05) is 21.8 Å². The first kappa shape index (κ1) is 20.9. The third-order valence-corrected chi connectivity index (χ3v) is 8.15. The molecular formula is C20H16ClFN2O4S2. The van der Waals surface area contributed by atoms with Crippen LogP contribution in [0.25, 0.3) is 10.1 Å². The van der Waals surface area contributed by atoms with E-state index in [1.54, 1.807) is 18.2 Å². The van der Waals surface area contributed by atoms with Crippen LogP contribution in [0.3, 0.4) is 0 Å². The van der Waals surface area contributed by atoms with E-state index in [2.05, 4.69) is 4.72 Å². The summed E-state index contributed by atoms with van der Waals surface area (Å²) in [4.78, 5) is 25.3. The number of halogens is 2. The maximum atomic E-state index is 14.4. The largest absolute Gasteiger partial charge is 0.308 e. The van der Waals surface area contributed by atoms with Gasteiger partial charge in [0.25, 0.3) is 10.0 Å². The van der Waals surface area contributed by atoms with Crippen LogP contribution in [0, 0.1) is 5.82 Å². The van der Waals surface area contributed by atoms with E-state index in [0.717, 1.165) is 27.5 Å². The van der Waals surface area contributed by atoms with Gasteiger partial charge in [-0.05, 0) is 55.1 Å². The van der Waals surface area contributed by atoms with E-state index in [9.17, 15) is 22.4 Å². The topological polar surface area (TPSA) is 83.6 Å². The number of benzene rings is 2. The molecule has 0 radical (unpaired) electrons. The van der Waals surface area contributed by atoms with Gasteiger partial charge in [-0.1, -0.05) is 17.7 Å². The number of Topliss-reactive ketones (excluding diaryl/α,β-unsaturated/α-hetero) is 1.